The first-order valence-corrected chi connectivity index (χ1v) is 7.12. The minimum absolute atomic E-state index is 0.0680. The van der Waals surface area contributed by atoms with Crippen molar-refractivity contribution in [1.82, 2.24) is 14.8 Å². The van der Waals surface area contributed by atoms with E-state index in [0.717, 1.165) is 6.54 Å². The summed E-state index contributed by atoms with van der Waals surface area (Å²) in [6.45, 7) is 4.92. The molecular weight excluding hydrogens is 290 g/mol. The largest absolute Gasteiger partial charge is 0.496 e. The van der Waals surface area contributed by atoms with Crippen LogP contribution in [-0.4, -0.2) is 27.7 Å². The number of methoxy groups -OCH3 is 1. The van der Waals surface area contributed by atoms with Crippen LogP contribution in [0.5, 0.6) is 5.75 Å². The van der Waals surface area contributed by atoms with Gasteiger partial charge < -0.3 is 4.74 Å². The smallest absolute Gasteiger partial charge is 0.174 e. The number of nitrogens with zero attached hydrogens (tertiary/aromatic N) is 3. The van der Waals surface area contributed by atoms with Gasteiger partial charge in [0, 0.05) is 11.6 Å². The topological polar surface area (TPSA) is 57.0 Å². The molecule has 0 aliphatic heterocycles. The van der Waals surface area contributed by atoms with Crippen molar-refractivity contribution >= 4 is 17.4 Å². The van der Waals surface area contributed by atoms with Gasteiger partial charge in [-0.05, 0) is 24.1 Å². The maximum absolute atomic E-state index is 12.4. The van der Waals surface area contributed by atoms with Crippen LogP contribution < -0.4 is 4.74 Å². The number of hydrogen-bond donors (Lipinski definition) is 0. The fraction of sp³-hybridized carbons (Fsp3) is 0.400. The second-order valence-electron chi connectivity index (χ2n) is 5.20. The number of rotatable bonds is 6. The molecule has 0 atom stereocenters. The van der Waals surface area contributed by atoms with E-state index in [9.17, 15) is 4.79 Å². The van der Waals surface area contributed by atoms with Crippen molar-refractivity contribution in [2.45, 2.75) is 26.8 Å². The van der Waals surface area contributed by atoms with E-state index in [4.69, 9.17) is 16.3 Å². The van der Waals surface area contributed by atoms with Gasteiger partial charge in [0.15, 0.2) is 5.78 Å². The van der Waals surface area contributed by atoms with E-state index >= 15 is 0 Å². The minimum Gasteiger partial charge on any atom is -0.496 e. The molecule has 1 aromatic carbocycles. The van der Waals surface area contributed by atoms with Crippen LogP contribution in [0.3, 0.4) is 0 Å². The Balaban J connectivity index is 2.21. The lowest BCUT2D eigenvalue weighted by Gasteiger charge is -2.10. The third-order valence-electron chi connectivity index (χ3n) is 3.02. The van der Waals surface area contributed by atoms with Gasteiger partial charge in [0.1, 0.15) is 17.9 Å². The second kappa shape index (κ2) is 6.72. The predicted molar refractivity (Wildman–Crippen MR) is 80.9 cm³/mol. The summed E-state index contributed by atoms with van der Waals surface area (Å²) in [6.07, 6.45) is 1.66. The molecule has 112 valence electrons. The maximum atomic E-state index is 12.4. The minimum atomic E-state index is -0.0680. The summed E-state index contributed by atoms with van der Waals surface area (Å²) in [5.74, 6) is 1.50. The zero-order chi connectivity index (χ0) is 15.4. The average Bonchev–Trinajstić information content (AvgIpc) is 2.84. The second-order valence-corrected chi connectivity index (χ2v) is 5.63. The van der Waals surface area contributed by atoms with Gasteiger partial charge in [-0.2, -0.15) is 5.10 Å². The third-order valence-corrected chi connectivity index (χ3v) is 3.25. The molecule has 1 heterocycles. The monoisotopic (exact) mass is 307 g/mol. The Labute approximate surface area is 128 Å². The van der Waals surface area contributed by atoms with Crippen molar-refractivity contribution in [3.05, 3.63) is 40.9 Å². The lowest BCUT2D eigenvalue weighted by Crippen LogP contribution is -2.14. The van der Waals surface area contributed by atoms with Crippen LogP contribution in [0, 0.1) is 5.92 Å². The predicted octanol–water partition coefficient (Wildman–Crippen LogP) is 3.02. The first-order chi connectivity index (χ1) is 10.0. The third kappa shape index (κ3) is 3.82. The van der Waals surface area contributed by atoms with Gasteiger partial charge in [0.25, 0.3) is 0 Å². The van der Waals surface area contributed by atoms with E-state index in [1.54, 1.807) is 22.9 Å². The van der Waals surface area contributed by atoms with Crippen LogP contribution in [0.25, 0.3) is 0 Å². The van der Waals surface area contributed by atoms with E-state index in [0.29, 0.717) is 28.1 Å². The summed E-state index contributed by atoms with van der Waals surface area (Å²) < 4.78 is 6.98. The highest BCUT2D eigenvalue weighted by Crippen LogP contribution is 2.24. The average molecular weight is 308 g/mol. The van der Waals surface area contributed by atoms with Gasteiger partial charge in [0.2, 0.25) is 0 Å². The highest BCUT2D eigenvalue weighted by molar-refractivity contribution is 6.30. The molecule has 0 aliphatic rings. The molecule has 1 aromatic heterocycles. The molecule has 2 aromatic rings. The molecule has 0 amide bonds. The first kappa shape index (κ1) is 15.5. The van der Waals surface area contributed by atoms with Gasteiger partial charge in [-0.15, -0.1) is 0 Å². The van der Waals surface area contributed by atoms with Crippen molar-refractivity contribution in [2.75, 3.05) is 7.11 Å². The molecule has 0 saturated carbocycles. The Morgan fingerprint density at radius 2 is 2.19 bits per heavy atom. The molecule has 5 nitrogen and oxygen atoms in total. The molecule has 0 bridgehead atoms. The summed E-state index contributed by atoms with van der Waals surface area (Å²) >= 11 is 5.91. The summed E-state index contributed by atoms with van der Waals surface area (Å²) in [4.78, 5) is 16.6. The summed E-state index contributed by atoms with van der Waals surface area (Å²) in [7, 11) is 1.52. The van der Waals surface area contributed by atoms with Crippen molar-refractivity contribution in [1.29, 1.82) is 0 Å². The molecular formula is C15H18ClN3O2. The Hall–Kier alpha value is -1.88. The number of halogens is 1. The summed E-state index contributed by atoms with van der Waals surface area (Å²) in [6, 6.07) is 4.98. The molecule has 0 N–H and O–H groups in total. The van der Waals surface area contributed by atoms with Gasteiger partial charge >= 0.3 is 0 Å². The molecule has 2 rings (SSSR count). The van der Waals surface area contributed by atoms with Crippen LogP contribution in [0.2, 0.25) is 5.02 Å². The van der Waals surface area contributed by atoms with Gasteiger partial charge in [0.05, 0.1) is 19.1 Å². The van der Waals surface area contributed by atoms with Crippen LogP contribution in [0.15, 0.2) is 24.5 Å². The van der Waals surface area contributed by atoms with Gasteiger partial charge in [-0.3, -0.25) is 4.79 Å². The number of ether oxygens (including phenoxy) is 1. The number of aromatic nitrogens is 3. The molecule has 0 fully saturated rings. The van der Waals surface area contributed by atoms with Crippen molar-refractivity contribution in [2.24, 2.45) is 5.92 Å². The number of ketones is 1. The molecule has 0 saturated heterocycles. The number of Topliss-reactive ketones (excluding diaryl/α,β-unsaturated/α-hetero) is 1. The highest BCUT2D eigenvalue weighted by atomic mass is 35.5. The van der Waals surface area contributed by atoms with E-state index in [1.165, 1.54) is 13.4 Å². The van der Waals surface area contributed by atoms with Crippen LogP contribution in [0.1, 0.15) is 30.0 Å². The molecule has 21 heavy (non-hydrogen) atoms. The van der Waals surface area contributed by atoms with Crippen LogP contribution in [-0.2, 0) is 13.0 Å². The lowest BCUT2D eigenvalue weighted by atomic mass is 10.1. The molecule has 0 radical (unpaired) electrons. The fourth-order valence-corrected chi connectivity index (χ4v) is 2.22. The van der Waals surface area contributed by atoms with Crippen molar-refractivity contribution < 1.29 is 9.53 Å². The number of carbonyl (C=O) groups is 1. The van der Waals surface area contributed by atoms with Gasteiger partial charge in [-0.1, -0.05) is 25.4 Å². The van der Waals surface area contributed by atoms with E-state index < -0.39 is 0 Å². The normalized spacial score (nSPS) is 10.9. The molecule has 6 heteroatoms. The zero-order valence-electron chi connectivity index (χ0n) is 12.3. The molecule has 0 aliphatic carbocycles. The molecule has 0 spiro atoms. The molecule has 0 unspecified atom stereocenters. The van der Waals surface area contributed by atoms with Crippen molar-refractivity contribution in [3.8, 4) is 5.75 Å². The number of carbonyl (C=O) groups excluding carboxylic acids is 1. The quantitative estimate of drug-likeness (QED) is 0.770. The zero-order valence-corrected chi connectivity index (χ0v) is 13.1. The highest BCUT2D eigenvalue weighted by Gasteiger charge is 2.16. The first-order valence-electron chi connectivity index (χ1n) is 6.74. The Bertz CT molecular complexity index is 638. The van der Waals surface area contributed by atoms with Crippen LogP contribution in [0.4, 0.5) is 0 Å². The number of hydrogen-bond acceptors (Lipinski definition) is 4. The Morgan fingerprint density at radius 1 is 1.43 bits per heavy atom. The number of benzene rings is 1. The van der Waals surface area contributed by atoms with E-state index in [1.807, 2.05) is 0 Å². The standard InChI is InChI=1S/C15H18ClN3O2/c1-10(2)8-19-15(17-9-18-19)7-13(20)12-5-4-11(16)6-14(12)21-3/h4-6,9-10H,7-8H2,1-3H3. The SMILES string of the molecule is COc1cc(Cl)ccc1C(=O)Cc1ncnn1CC(C)C. The van der Waals surface area contributed by atoms with Crippen LogP contribution >= 0.6 is 11.6 Å². The Morgan fingerprint density at radius 3 is 2.86 bits per heavy atom. The van der Waals surface area contributed by atoms with Crippen molar-refractivity contribution in [3.63, 3.8) is 0 Å². The Kier molecular flexibility index (Phi) is 4.96. The van der Waals surface area contributed by atoms with Gasteiger partial charge in [-0.25, -0.2) is 9.67 Å². The van der Waals surface area contributed by atoms with E-state index in [2.05, 4.69) is 23.9 Å². The summed E-state index contributed by atoms with van der Waals surface area (Å²) in [5, 5.41) is 4.69. The summed E-state index contributed by atoms with van der Waals surface area (Å²) in [5.41, 5.74) is 0.501. The maximum Gasteiger partial charge on any atom is 0.174 e. The lowest BCUT2D eigenvalue weighted by molar-refractivity contribution is 0.0986. The van der Waals surface area contributed by atoms with E-state index in [-0.39, 0.29) is 12.2 Å². The fourth-order valence-electron chi connectivity index (χ4n) is 2.06.